The van der Waals surface area contributed by atoms with E-state index in [1.165, 1.54) is 0 Å². The molecular formula is C13H12ClN5O. The van der Waals surface area contributed by atoms with E-state index >= 15 is 0 Å². The van der Waals surface area contributed by atoms with Crippen molar-refractivity contribution < 1.29 is 4.42 Å². The summed E-state index contributed by atoms with van der Waals surface area (Å²) >= 11 is 5.94. The highest BCUT2D eigenvalue weighted by Gasteiger charge is 2.11. The highest BCUT2D eigenvalue weighted by atomic mass is 35.5. The topological polar surface area (TPSA) is 69.6 Å². The van der Waals surface area contributed by atoms with Gasteiger partial charge in [-0.05, 0) is 19.1 Å². The largest absolute Gasteiger partial charge is 0.419 e. The van der Waals surface area contributed by atoms with Gasteiger partial charge in [0.05, 0.1) is 11.6 Å². The van der Waals surface area contributed by atoms with Crippen LogP contribution in [0.2, 0.25) is 0 Å². The maximum absolute atomic E-state index is 5.94. The summed E-state index contributed by atoms with van der Waals surface area (Å²) in [5, 5.41) is 15.8. The fourth-order valence-electron chi connectivity index (χ4n) is 1.73. The minimum Gasteiger partial charge on any atom is -0.419 e. The number of aromatic nitrogens is 5. The van der Waals surface area contributed by atoms with Crippen LogP contribution < -0.4 is 0 Å². The smallest absolute Gasteiger partial charge is 0.247 e. The van der Waals surface area contributed by atoms with Crippen molar-refractivity contribution in [1.82, 2.24) is 25.2 Å². The van der Waals surface area contributed by atoms with E-state index in [-0.39, 0.29) is 5.38 Å². The Morgan fingerprint density at radius 3 is 2.70 bits per heavy atom. The number of benzene rings is 1. The van der Waals surface area contributed by atoms with E-state index < -0.39 is 0 Å². The van der Waals surface area contributed by atoms with Crippen LogP contribution in [0.5, 0.6) is 0 Å². The molecule has 0 aliphatic carbocycles. The lowest BCUT2D eigenvalue weighted by atomic mass is 10.2. The molecule has 0 radical (unpaired) electrons. The molecule has 0 fully saturated rings. The van der Waals surface area contributed by atoms with E-state index in [1.54, 1.807) is 10.9 Å². The highest BCUT2D eigenvalue weighted by molar-refractivity contribution is 6.20. The molecule has 0 amide bonds. The minimum absolute atomic E-state index is 0.175. The number of alkyl halides is 1. The Labute approximate surface area is 120 Å². The molecule has 0 N–H and O–H groups in total. The number of hydrogen-bond acceptors (Lipinski definition) is 5. The monoisotopic (exact) mass is 289 g/mol. The quantitative estimate of drug-likeness (QED) is 0.691. The van der Waals surface area contributed by atoms with Crippen molar-refractivity contribution in [3.63, 3.8) is 0 Å². The molecule has 0 aliphatic heterocycles. The van der Waals surface area contributed by atoms with Gasteiger partial charge in [-0.1, -0.05) is 23.4 Å². The Bertz CT molecular complexity index is 692. The van der Waals surface area contributed by atoms with Crippen LogP contribution in [0.1, 0.15) is 23.9 Å². The maximum Gasteiger partial charge on any atom is 0.247 e. The van der Waals surface area contributed by atoms with Gasteiger partial charge in [-0.2, -0.15) is 0 Å². The first-order chi connectivity index (χ1) is 9.72. The Balaban J connectivity index is 1.77. The van der Waals surface area contributed by atoms with Crippen LogP contribution in [0.3, 0.4) is 0 Å². The summed E-state index contributed by atoms with van der Waals surface area (Å²) in [6.45, 7) is 2.21. The van der Waals surface area contributed by atoms with Crippen LogP contribution in [0.4, 0.5) is 0 Å². The van der Waals surface area contributed by atoms with Crippen molar-refractivity contribution in [2.24, 2.45) is 0 Å². The zero-order chi connectivity index (χ0) is 13.9. The van der Waals surface area contributed by atoms with Crippen molar-refractivity contribution in [2.45, 2.75) is 18.8 Å². The van der Waals surface area contributed by atoms with E-state index in [2.05, 4.69) is 20.5 Å². The van der Waals surface area contributed by atoms with E-state index in [4.69, 9.17) is 16.0 Å². The summed E-state index contributed by atoms with van der Waals surface area (Å²) in [4.78, 5) is 0. The van der Waals surface area contributed by atoms with Gasteiger partial charge in [-0.15, -0.1) is 26.9 Å². The first-order valence-corrected chi connectivity index (χ1v) is 6.58. The third-order valence-electron chi connectivity index (χ3n) is 2.75. The first kappa shape index (κ1) is 12.8. The molecule has 7 heteroatoms. The van der Waals surface area contributed by atoms with Crippen LogP contribution in [0.25, 0.3) is 11.5 Å². The highest BCUT2D eigenvalue weighted by Crippen LogP contribution is 2.18. The van der Waals surface area contributed by atoms with Crippen LogP contribution in [0.15, 0.2) is 40.9 Å². The molecular weight excluding hydrogens is 278 g/mol. The molecule has 3 aromatic rings. The zero-order valence-electron chi connectivity index (χ0n) is 10.8. The third kappa shape index (κ3) is 2.70. The van der Waals surface area contributed by atoms with E-state index in [9.17, 15) is 0 Å². The second kappa shape index (κ2) is 5.42. The summed E-state index contributed by atoms with van der Waals surface area (Å²) < 4.78 is 7.22. The molecule has 0 spiro atoms. The van der Waals surface area contributed by atoms with Crippen molar-refractivity contribution in [3.8, 4) is 11.5 Å². The van der Waals surface area contributed by atoms with E-state index in [1.807, 2.05) is 37.3 Å². The molecule has 1 aromatic carbocycles. The van der Waals surface area contributed by atoms with Gasteiger partial charge in [-0.3, -0.25) is 0 Å². The maximum atomic E-state index is 5.94. The third-order valence-corrected chi connectivity index (χ3v) is 2.97. The lowest BCUT2D eigenvalue weighted by Crippen LogP contribution is -2.00. The number of nitrogens with zero attached hydrogens (tertiary/aromatic N) is 5. The van der Waals surface area contributed by atoms with Crippen molar-refractivity contribution >= 4 is 11.6 Å². The van der Waals surface area contributed by atoms with Gasteiger partial charge in [0, 0.05) is 5.56 Å². The SMILES string of the molecule is CC(Cl)c1cn(Cc2nnc(-c3ccccc3)o2)nn1. The fourth-order valence-corrected chi connectivity index (χ4v) is 1.83. The molecule has 102 valence electrons. The zero-order valence-corrected chi connectivity index (χ0v) is 11.5. The molecule has 3 rings (SSSR count). The Morgan fingerprint density at radius 2 is 2.00 bits per heavy atom. The summed E-state index contributed by atoms with van der Waals surface area (Å²) in [7, 11) is 0. The molecule has 0 saturated heterocycles. The standard InChI is InChI=1S/C13H12ClN5O/c1-9(14)11-7-19(18-15-11)8-12-16-17-13(20-12)10-5-3-2-4-6-10/h2-7,9H,8H2,1H3. The summed E-state index contributed by atoms with van der Waals surface area (Å²) in [6.07, 6.45) is 1.77. The average molecular weight is 290 g/mol. The van der Waals surface area contributed by atoms with Crippen LogP contribution in [-0.2, 0) is 6.54 Å². The number of halogens is 1. The first-order valence-electron chi connectivity index (χ1n) is 6.14. The van der Waals surface area contributed by atoms with Crippen molar-refractivity contribution in [1.29, 1.82) is 0 Å². The predicted molar refractivity (Wildman–Crippen MR) is 73.1 cm³/mol. The van der Waals surface area contributed by atoms with Gasteiger partial charge in [0.25, 0.3) is 0 Å². The second-order valence-electron chi connectivity index (χ2n) is 4.32. The van der Waals surface area contributed by atoms with Gasteiger partial charge in [-0.25, -0.2) is 4.68 Å². The van der Waals surface area contributed by atoms with Gasteiger partial charge < -0.3 is 4.42 Å². The van der Waals surface area contributed by atoms with Gasteiger partial charge in [0.15, 0.2) is 0 Å². The minimum atomic E-state index is -0.175. The van der Waals surface area contributed by atoms with Crippen LogP contribution in [-0.4, -0.2) is 25.2 Å². The van der Waals surface area contributed by atoms with E-state index in [0.717, 1.165) is 11.3 Å². The lowest BCUT2D eigenvalue weighted by molar-refractivity contribution is 0.469. The number of rotatable bonds is 4. The predicted octanol–water partition coefficient (Wildman–Crippen LogP) is 2.68. The van der Waals surface area contributed by atoms with Crippen molar-refractivity contribution in [3.05, 3.63) is 48.1 Å². The summed E-state index contributed by atoms with van der Waals surface area (Å²) in [6, 6.07) is 9.61. The molecule has 0 aliphatic rings. The molecule has 20 heavy (non-hydrogen) atoms. The number of hydrogen-bond donors (Lipinski definition) is 0. The van der Waals surface area contributed by atoms with Gasteiger partial charge in [0.1, 0.15) is 12.2 Å². The average Bonchev–Trinajstić information content (AvgIpc) is 3.10. The van der Waals surface area contributed by atoms with Gasteiger partial charge in [0.2, 0.25) is 11.8 Å². The van der Waals surface area contributed by atoms with Crippen molar-refractivity contribution in [2.75, 3.05) is 0 Å². The Hall–Kier alpha value is -2.21. The molecule has 2 heterocycles. The second-order valence-corrected chi connectivity index (χ2v) is 4.98. The normalized spacial score (nSPS) is 12.5. The molecule has 6 nitrogen and oxygen atoms in total. The molecule has 0 bridgehead atoms. The van der Waals surface area contributed by atoms with Crippen LogP contribution in [0, 0.1) is 0 Å². The fraction of sp³-hybridized carbons (Fsp3) is 0.231. The summed E-state index contributed by atoms with van der Waals surface area (Å²) in [5.74, 6) is 0.967. The lowest BCUT2D eigenvalue weighted by Gasteiger charge is -1.95. The van der Waals surface area contributed by atoms with E-state index in [0.29, 0.717) is 18.3 Å². The molecule has 1 atom stereocenters. The molecule has 2 aromatic heterocycles. The van der Waals surface area contributed by atoms with Gasteiger partial charge >= 0.3 is 0 Å². The van der Waals surface area contributed by atoms with Crippen LogP contribution >= 0.6 is 11.6 Å². The summed E-state index contributed by atoms with van der Waals surface area (Å²) in [5.41, 5.74) is 1.61. The molecule has 0 saturated carbocycles. The Morgan fingerprint density at radius 1 is 1.20 bits per heavy atom. The Kier molecular flexibility index (Phi) is 3.47. The molecule has 1 unspecified atom stereocenters.